The summed E-state index contributed by atoms with van der Waals surface area (Å²) in [5.41, 5.74) is 1.09. The van der Waals surface area contributed by atoms with Crippen molar-refractivity contribution < 1.29 is 14.3 Å². The van der Waals surface area contributed by atoms with E-state index >= 15 is 0 Å². The Morgan fingerprint density at radius 1 is 1.00 bits per heavy atom. The lowest BCUT2D eigenvalue weighted by Crippen LogP contribution is -2.50. The molecule has 0 aromatic heterocycles. The van der Waals surface area contributed by atoms with E-state index in [1.54, 1.807) is 7.11 Å². The van der Waals surface area contributed by atoms with Crippen molar-refractivity contribution in [3.05, 3.63) is 29.8 Å². The van der Waals surface area contributed by atoms with Gasteiger partial charge in [0.2, 0.25) is 11.8 Å². The molecule has 6 heteroatoms. The van der Waals surface area contributed by atoms with Gasteiger partial charge in [0.15, 0.2) is 0 Å². The van der Waals surface area contributed by atoms with E-state index in [0.29, 0.717) is 13.1 Å². The number of carbonyl (C=O) groups excluding carboxylic acids is 2. The highest BCUT2D eigenvalue weighted by Gasteiger charge is 2.45. The Kier molecular flexibility index (Phi) is 5.08. The Labute approximate surface area is 161 Å². The molecule has 0 bridgehead atoms. The van der Waals surface area contributed by atoms with Crippen LogP contribution < -0.4 is 4.74 Å². The molecule has 6 nitrogen and oxygen atoms in total. The summed E-state index contributed by atoms with van der Waals surface area (Å²) in [6.07, 6.45) is 1.99. The van der Waals surface area contributed by atoms with E-state index in [1.165, 1.54) is 0 Å². The predicted molar refractivity (Wildman–Crippen MR) is 103 cm³/mol. The minimum Gasteiger partial charge on any atom is -0.497 e. The van der Waals surface area contributed by atoms with Crippen molar-refractivity contribution in [1.82, 2.24) is 14.7 Å². The van der Waals surface area contributed by atoms with Gasteiger partial charge in [-0.05, 0) is 37.6 Å². The van der Waals surface area contributed by atoms with Gasteiger partial charge in [0.25, 0.3) is 0 Å². The van der Waals surface area contributed by atoms with Gasteiger partial charge in [-0.1, -0.05) is 12.1 Å². The van der Waals surface area contributed by atoms with Gasteiger partial charge in [0.1, 0.15) is 5.75 Å². The number of benzene rings is 1. The fourth-order valence-corrected chi connectivity index (χ4v) is 4.29. The molecule has 3 fully saturated rings. The van der Waals surface area contributed by atoms with E-state index in [4.69, 9.17) is 4.74 Å². The molecule has 2 heterocycles. The summed E-state index contributed by atoms with van der Waals surface area (Å²) in [6.45, 7) is 4.54. The predicted octanol–water partition coefficient (Wildman–Crippen LogP) is 1.42. The van der Waals surface area contributed by atoms with Gasteiger partial charge in [-0.25, -0.2) is 0 Å². The number of nitrogens with zero attached hydrogens (tertiary/aromatic N) is 3. The molecule has 2 atom stereocenters. The third kappa shape index (κ3) is 3.81. The molecule has 4 rings (SSSR count). The average molecular weight is 371 g/mol. The first-order chi connectivity index (χ1) is 13.1. The Bertz CT molecular complexity index is 710. The van der Waals surface area contributed by atoms with Crippen LogP contribution in [-0.4, -0.2) is 79.9 Å². The summed E-state index contributed by atoms with van der Waals surface area (Å²) < 4.78 is 5.38. The van der Waals surface area contributed by atoms with Crippen LogP contribution in [-0.2, 0) is 9.59 Å². The maximum absolute atomic E-state index is 13.3. The number of piperazine rings is 1. The number of methoxy groups -OCH3 is 1. The van der Waals surface area contributed by atoms with Gasteiger partial charge in [-0.3, -0.25) is 9.59 Å². The third-order valence-corrected chi connectivity index (χ3v) is 6.21. The molecule has 2 saturated heterocycles. The third-order valence-electron chi connectivity index (χ3n) is 6.21. The molecule has 0 N–H and O–H groups in total. The zero-order valence-electron chi connectivity index (χ0n) is 16.3. The quantitative estimate of drug-likeness (QED) is 0.803. The second-order valence-corrected chi connectivity index (χ2v) is 8.14. The van der Waals surface area contributed by atoms with Crippen molar-refractivity contribution in [2.45, 2.75) is 18.8 Å². The van der Waals surface area contributed by atoms with E-state index in [1.807, 2.05) is 28.0 Å². The van der Waals surface area contributed by atoms with Gasteiger partial charge >= 0.3 is 0 Å². The molecule has 0 radical (unpaired) electrons. The van der Waals surface area contributed by atoms with Crippen LogP contribution in [0.3, 0.4) is 0 Å². The van der Waals surface area contributed by atoms with Crippen molar-refractivity contribution in [3.63, 3.8) is 0 Å². The fourth-order valence-electron chi connectivity index (χ4n) is 4.29. The number of amides is 2. The molecule has 2 amide bonds. The molecule has 1 aliphatic carbocycles. The number of likely N-dealkylation sites (N-methyl/N-ethyl adjacent to an activating group) is 1. The van der Waals surface area contributed by atoms with E-state index in [0.717, 1.165) is 50.3 Å². The number of carbonyl (C=O) groups is 2. The van der Waals surface area contributed by atoms with E-state index in [-0.39, 0.29) is 29.6 Å². The van der Waals surface area contributed by atoms with Crippen molar-refractivity contribution in [2.24, 2.45) is 11.8 Å². The molecule has 1 aromatic rings. The molecular weight excluding hydrogens is 342 g/mol. The van der Waals surface area contributed by atoms with Crippen LogP contribution in [0.5, 0.6) is 5.75 Å². The standard InChI is InChI=1S/C21H29N3O3/c1-22-8-10-23(11-9-22)21(26)19-14-24(20(25)15-6-7-15)13-18(19)16-4-3-5-17(12-16)27-2/h3-5,12,15,18-19H,6-11,13-14H2,1-2H3. The van der Waals surface area contributed by atoms with Crippen LogP contribution in [0.25, 0.3) is 0 Å². The minimum atomic E-state index is -0.164. The first kappa shape index (κ1) is 18.3. The first-order valence-electron chi connectivity index (χ1n) is 9.97. The smallest absolute Gasteiger partial charge is 0.228 e. The van der Waals surface area contributed by atoms with Crippen LogP contribution in [0, 0.1) is 11.8 Å². The largest absolute Gasteiger partial charge is 0.497 e. The Hall–Kier alpha value is -2.08. The van der Waals surface area contributed by atoms with Gasteiger partial charge in [0.05, 0.1) is 13.0 Å². The lowest BCUT2D eigenvalue weighted by Gasteiger charge is -2.35. The van der Waals surface area contributed by atoms with E-state index in [9.17, 15) is 9.59 Å². The number of rotatable bonds is 4. The van der Waals surface area contributed by atoms with E-state index < -0.39 is 0 Å². The molecular formula is C21H29N3O3. The highest BCUT2D eigenvalue weighted by atomic mass is 16.5. The average Bonchev–Trinajstić information content (AvgIpc) is 3.45. The number of likely N-dealkylation sites (tertiary alicyclic amines) is 1. The van der Waals surface area contributed by atoms with Gasteiger partial charge in [0, 0.05) is 51.1 Å². The Morgan fingerprint density at radius 2 is 1.74 bits per heavy atom. The number of hydrogen-bond acceptors (Lipinski definition) is 4. The summed E-state index contributed by atoms with van der Waals surface area (Å²) in [7, 11) is 3.75. The zero-order valence-corrected chi connectivity index (χ0v) is 16.3. The molecule has 2 unspecified atom stereocenters. The number of ether oxygens (including phenoxy) is 1. The lowest BCUT2D eigenvalue weighted by molar-refractivity contribution is -0.137. The van der Waals surface area contributed by atoms with Crippen LogP contribution in [0.2, 0.25) is 0 Å². The second-order valence-electron chi connectivity index (χ2n) is 8.14. The molecule has 146 valence electrons. The normalized spacial score (nSPS) is 26.3. The molecule has 1 aromatic carbocycles. The number of hydrogen-bond donors (Lipinski definition) is 0. The Morgan fingerprint density at radius 3 is 2.41 bits per heavy atom. The SMILES string of the molecule is COc1cccc(C2CN(C(=O)C3CC3)CC2C(=O)N2CCN(C)CC2)c1. The second kappa shape index (κ2) is 7.50. The summed E-state index contributed by atoms with van der Waals surface area (Å²) in [6, 6.07) is 7.96. The molecule has 3 aliphatic rings. The fraction of sp³-hybridized carbons (Fsp3) is 0.619. The van der Waals surface area contributed by atoms with E-state index in [2.05, 4.69) is 18.0 Å². The topological polar surface area (TPSA) is 53.1 Å². The molecule has 27 heavy (non-hydrogen) atoms. The van der Waals surface area contributed by atoms with Crippen molar-refractivity contribution >= 4 is 11.8 Å². The summed E-state index contributed by atoms with van der Waals surface area (Å²) in [5, 5.41) is 0. The minimum absolute atomic E-state index is 0.0370. The summed E-state index contributed by atoms with van der Waals surface area (Å²) >= 11 is 0. The molecule has 2 aliphatic heterocycles. The van der Waals surface area contributed by atoms with Crippen molar-refractivity contribution in [1.29, 1.82) is 0 Å². The van der Waals surface area contributed by atoms with Crippen LogP contribution in [0.4, 0.5) is 0 Å². The van der Waals surface area contributed by atoms with Crippen molar-refractivity contribution in [3.8, 4) is 5.75 Å². The van der Waals surface area contributed by atoms with Crippen LogP contribution >= 0.6 is 0 Å². The van der Waals surface area contributed by atoms with Gasteiger partial charge in [-0.15, -0.1) is 0 Å². The first-order valence-corrected chi connectivity index (χ1v) is 9.97. The highest BCUT2D eigenvalue weighted by Crippen LogP contribution is 2.39. The van der Waals surface area contributed by atoms with Crippen molar-refractivity contribution in [2.75, 3.05) is 53.4 Å². The summed E-state index contributed by atoms with van der Waals surface area (Å²) in [5.74, 6) is 1.29. The molecule has 0 spiro atoms. The Balaban J connectivity index is 1.56. The lowest BCUT2D eigenvalue weighted by atomic mass is 9.87. The van der Waals surface area contributed by atoms with Crippen LogP contribution in [0.1, 0.15) is 24.3 Å². The van der Waals surface area contributed by atoms with Gasteiger partial charge in [-0.2, -0.15) is 0 Å². The molecule has 1 saturated carbocycles. The highest BCUT2D eigenvalue weighted by molar-refractivity contribution is 5.85. The van der Waals surface area contributed by atoms with Gasteiger partial charge < -0.3 is 19.4 Å². The van der Waals surface area contributed by atoms with Crippen LogP contribution in [0.15, 0.2) is 24.3 Å². The maximum Gasteiger partial charge on any atom is 0.228 e. The zero-order chi connectivity index (χ0) is 19.0. The maximum atomic E-state index is 13.3. The monoisotopic (exact) mass is 371 g/mol. The summed E-state index contributed by atoms with van der Waals surface area (Å²) in [4.78, 5) is 32.2.